The number of imidazole rings is 1. The zero-order chi connectivity index (χ0) is 17.1. The van der Waals surface area contributed by atoms with Gasteiger partial charge in [0.05, 0.1) is 17.4 Å². The number of benzene rings is 2. The van der Waals surface area contributed by atoms with Crippen LogP contribution in [-0.4, -0.2) is 14.7 Å². The molecule has 0 aliphatic heterocycles. The van der Waals surface area contributed by atoms with E-state index >= 15 is 0 Å². The third kappa shape index (κ3) is 4.11. The summed E-state index contributed by atoms with van der Waals surface area (Å²) in [7, 11) is 0. The van der Waals surface area contributed by atoms with E-state index in [1.807, 2.05) is 28.8 Å². The maximum Gasteiger partial charge on any atom is 0.118 e. The molecule has 0 aliphatic carbocycles. The molecule has 0 radical (unpaired) electrons. The molecule has 1 heterocycles. The third-order valence-corrected chi connectivity index (χ3v) is 4.69. The van der Waals surface area contributed by atoms with Gasteiger partial charge in [-0.1, -0.05) is 47.5 Å². The number of hydrogen-bond donors (Lipinski definition) is 1. The molecule has 124 valence electrons. The van der Waals surface area contributed by atoms with Crippen LogP contribution in [0.2, 0.25) is 10.0 Å². The molecule has 24 heavy (non-hydrogen) atoms. The second-order valence-electron chi connectivity index (χ2n) is 5.50. The van der Waals surface area contributed by atoms with Crippen molar-refractivity contribution in [1.29, 1.82) is 0 Å². The Bertz CT molecular complexity index is 800. The molecule has 3 nitrogen and oxygen atoms in total. The Morgan fingerprint density at radius 2 is 1.54 bits per heavy atom. The van der Waals surface area contributed by atoms with Crippen molar-refractivity contribution in [3.63, 3.8) is 0 Å². The van der Waals surface area contributed by atoms with Crippen LogP contribution >= 0.6 is 34.8 Å². The molecular weight excluding hydrogens is 367 g/mol. The van der Waals surface area contributed by atoms with Crippen molar-refractivity contribution in [3.8, 4) is 0 Å². The Labute approximate surface area is 155 Å². The van der Waals surface area contributed by atoms with Crippen LogP contribution in [0.5, 0.6) is 0 Å². The molecule has 6 heteroatoms. The first-order valence-electron chi connectivity index (χ1n) is 7.36. The van der Waals surface area contributed by atoms with Gasteiger partial charge < -0.3 is 9.67 Å². The van der Waals surface area contributed by atoms with Crippen molar-refractivity contribution in [2.24, 2.45) is 0 Å². The van der Waals surface area contributed by atoms with Crippen LogP contribution in [-0.2, 0) is 6.54 Å². The van der Waals surface area contributed by atoms with Gasteiger partial charge in [0.1, 0.15) is 6.10 Å². The molecule has 0 amide bonds. The van der Waals surface area contributed by atoms with Crippen molar-refractivity contribution in [3.05, 3.63) is 87.9 Å². The van der Waals surface area contributed by atoms with E-state index in [1.54, 1.807) is 36.8 Å². The molecule has 1 aromatic heterocycles. The fourth-order valence-corrected chi connectivity index (χ4v) is 2.92. The van der Waals surface area contributed by atoms with E-state index in [-0.39, 0.29) is 0 Å². The van der Waals surface area contributed by atoms with E-state index in [0.717, 1.165) is 11.1 Å². The lowest BCUT2D eigenvalue weighted by atomic mass is 10.1. The van der Waals surface area contributed by atoms with E-state index in [0.29, 0.717) is 22.3 Å². The number of alkyl halides is 1. The highest BCUT2D eigenvalue weighted by molar-refractivity contribution is 6.30. The van der Waals surface area contributed by atoms with Crippen molar-refractivity contribution in [2.45, 2.75) is 18.0 Å². The predicted octanol–water partition coefficient (Wildman–Crippen LogP) is 5.25. The van der Waals surface area contributed by atoms with Crippen LogP contribution in [0.15, 0.2) is 61.1 Å². The Morgan fingerprint density at radius 3 is 2.17 bits per heavy atom. The van der Waals surface area contributed by atoms with Gasteiger partial charge in [0.25, 0.3) is 0 Å². The molecule has 0 bridgehead atoms. The summed E-state index contributed by atoms with van der Waals surface area (Å²) in [6.07, 6.45) is 2.57. The second-order valence-corrected chi connectivity index (χ2v) is 6.84. The van der Waals surface area contributed by atoms with Gasteiger partial charge in [-0.15, -0.1) is 11.6 Å². The summed E-state index contributed by atoms with van der Waals surface area (Å²) in [4.78, 5) is 4.27. The van der Waals surface area contributed by atoms with Crippen LogP contribution in [0.3, 0.4) is 0 Å². The predicted molar refractivity (Wildman–Crippen MR) is 97.8 cm³/mol. The first kappa shape index (κ1) is 17.3. The minimum Gasteiger partial charge on any atom is -0.385 e. The average molecular weight is 382 g/mol. The van der Waals surface area contributed by atoms with Gasteiger partial charge in [0.15, 0.2) is 0 Å². The van der Waals surface area contributed by atoms with Crippen LogP contribution < -0.4 is 0 Å². The number of halogens is 3. The number of hydrogen-bond acceptors (Lipinski definition) is 2. The zero-order valence-corrected chi connectivity index (χ0v) is 14.9. The average Bonchev–Trinajstić information content (AvgIpc) is 3.05. The van der Waals surface area contributed by atoms with Gasteiger partial charge in [-0.3, -0.25) is 0 Å². The zero-order valence-electron chi connectivity index (χ0n) is 12.6. The van der Waals surface area contributed by atoms with Gasteiger partial charge >= 0.3 is 0 Å². The number of aliphatic hydroxyl groups excluding tert-OH is 1. The third-order valence-electron chi connectivity index (χ3n) is 3.70. The molecule has 0 aliphatic rings. The molecule has 1 N–H and O–H groups in total. The summed E-state index contributed by atoms with van der Waals surface area (Å²) in [6, 6.07) is 14.7. The molecule has 3 aromatic rings. The maximum atomic E-state index is 10.5. The monoisotopic (exact) mass is 380 g/mol. The topological polar surface area (TPSA) is 38.0 Å². The molecule has 0 fully saturated rings. The molecular formula is C18H15Cl3N2O. The Morgan fingerprint density at radius 1 is 0.958 bits per heavy atom. The standard InChI is InChI=1S/C18H15Cl3N2O/c19-14-5-1-12(2-6-14)9-23-10-16(22-11-23)18(24)17(21)13-3-7-15(20)8-4-13/h1-8,10-11,17-18,24H,9H2. The SMILES string of the molecule is OC(c1cn(Cc2ccc(Cl)cc2)cn1)C(Cl)c1ccc(Cl)cc1. The molecule has 0 saturated carbocycles. The summed E-state index contributed by atoms with van der Waals surface area (Å²) in [5.74, 6) is 0. The molecule has 2 unspecified atom stereocenters. The number of aromatic nitrogens is 2. The van der Waals surface area contributed by atoms with Gasteiger partial charge in [0.2, 0.25) is 0 Å². The van der Waals surface area contributed by atoms with Crippen LogP contribution in [0.1, 0.15) is 28.3 Å². The van der Waals surface area contributed by atoms with Crippen molar-refractivity contribution in [2.75, 3.05) is 0 Å². The lowest BCUT2D eigenvalue weighted by Crippen LogP contribution is -2.06. The maximum absolute atomic E-state index is 10.5. The lowest BCUT2D eigenvalue weighted by molar-refractivity contribution is 0.168. The van der Waals surface area contributed by atoms with Crippen LogP contribution in [0.25, 0.3) is 0 Å². The largest absolute Gasteiger partial charge is 0.385 e. The summed E-state index contributed by atoms with van der Waals surface area (Å²) in [6.45, 7) is 0.644. The van der Waals surface area contributed by atoms with E-state index in [4.69, 9.17) is 34.8 Å². The first-order chi connectivity index (χ1) is 11.5. The normalized spacial score (nSPS) is 13.7. The fraction of sp³-hybridized carbons (Fsp3) is 0.167. The molecule has 0 spiro atoms. The Balaban J connectivity index is 1.72. The minimum atomic E-state index is -0.903. The van der Waals surface area contributed by atoms with Crippen molar-refractivity contribution in [1.82, 2.24) is 9.55 Å². The van der Waals surface area contributed by atoms with Crippen molar-refractivity contribution < 1.29 is 5.11 Å². The van der Waals surface area contributed by atoms with Crippen LogP contribution in [0, 0.1) is 0 Å². The van der Waals surface area contributed by atoms with E-state index in [1.165, 1.54) is 0 Å². The Kier molecular flexibility index (Phi) is 5.47. The Hall–Kier alpha value is -1.52. The smallest absolute Gasteiger partial charge is 0.118 e. The number of aliphatic hydroxyl groups is 1. The molecule has 3 rings (SSSR count). The molecule has 0 saturated heterocycles. The number of rotatable bonds is 5. The van der Waals surface area contributed by atoms with E-state index < -0.39 is 11.5 Å². The number of nitrogens with zero attached hydrogens (tertiary/aromatic N) is 2. The minimum absolute atomic E-state index is 0.527. The van der Waals surface area contributed by atoms with E-state index in [9.17, 15) is 5.11 Å². The van der Waals surface area contributed by atoms with Crippen molar-refractivity contribution >= 4 is 34.8 Å². The summed E-state index contributed by atoms with van der Waals surface area (Å²) >= 11 is 18.1. The highest BCUT2D eigenvalue weighted by atomic mass is 35.5. The lowest BCUT2D eigenvalue weighted by Gasteiger charge is -2.15. The van der Waals surface area contributed by atoms with E-state index in [2.05, 4.69) is 4.98 Å². The second kappa shape index (κ2) is 7.58. The van der Waals surface area contributed by atoms with Gasteiger partial charge in [-0.2, -0.15) is 0 Å². The summed E-state index contributed by atoms with van der Waals surface area (Å²) in [5, 5.41) is 11.2. The molecule has 2 aromatic carbocycles. The highest BCUT2D eigenvalue weighted by Crippen LogP contribution is 2.34. The first-order valence-corrected chi connectivity index (χ1v) is 8.56. The highest BCUT2D eigenvalue weighted by Gasteiger charge is 2.22. The van der Waals surface area contributed by atoms with Gasteiger partial charge in [-0.05, 0) is 35.4 Å². The van der Waals surface area contributed by atoms with Crippen LogP contribution in [0.4, 0.5) is 0 Å². The fourth-order valence-electron chi connectivity index (χ4n) is 2.40. The molecule has 2 atom stereocenters. The summed E-state index contributed by atoms with van der Waals surface area (Å²) in [5.41, 5.74) is 2.41. The quantitative estimate of drug-likeness (QED) is 0.613. The summed E-state index contributed by atoms with van der Waals surface area (Å²) < 4.78 is 1.90. The van der Waals surface area contributed by atoms with Gasteiger partial charge in [-0.25, -0.2) is 4.98 Å². The van der Waals surface area contributed by atoms with Gasteiger partial charge in [0, 0.05) is 22.8 Å².